The number of furan rings is 1. The van der Waals surface area contributed by atoms with E-state index in [0.29, 0.717) is 28.3 Å². The number of hydrogen-bond donors (Lipinski definition) is 2. The molecule has 0 aliphatic carbocycles. The smallest absolute Gasteiger partial charge is 0.417 e. The Morgan fingerprint density at radius 3 is 2.91 bits per heavy atom. The largest absolute Gasteiger partial charge is 0.461 e. The van der Waals surface area contributed by atoms with E-state index in [1.54, 1.807) is 30.3 Å². The number of carbonyl (C=O) groups excluding carboxylic acids is 1. The van der Waals surface area contributed by atoms with Crippen molar-refractivity contribution in [3.05, 3.63) is 58.9 Å². The highest BCUT2D eigenvalue weighted by Gasteiger charge is 2.15. The highest BCUT2D eigenvalue weighted by Crippen LogP contribution is 2.21. The molecule has 0 fully saturated rings. The molecule has 3 heterocycles. The number of aromatic amines is 1. The second-order valence-corrected chi connectivity index (χ2v) is 4.73. The van der Waals surface area contributed by atoms with Gasteiger partial charge in [-0.05, 0) is 24.3 Å². The molecule has 1 amide bonds. The Bertz CT molecular complexity index is 1040. The van der Waals surface area contributed by atoms with Gasteiger partial charge in [0.1, 0.15) is 0 Å². The summed E-state index contributed by atoms with van der Waals surface area (Å²) in [5, 5.41) is 6.36. The number of fused-ring (bicyclic) bond motifs is 1. The second-order valence-electron chi connectivity index (χ2n) is 4.73. The van der Waals surface area contributed by atoms with Gasteiger partial charge in [-0.1, -0.05) is 5.16 Å². The second kappa shape index (κ2) is 5.02. The van der Waals surface area contributed by atoms with Crippen LogP contribution in [0.2, 0.25) is 0 Å². The van der Waals surface area contributed by atoms with E-state index in [-0.39, 0.29) is 5.69 Å². The number of amides is 1. The molecule has 3 aromatic heterocycles. The van der Waals surface area contributed by atoms with Crippen molar-refractivity contribution in [1.29, 1.82) is 0 Å². The molecule has 0 radical (unpaired) electrons. The number of nitrogens with zero attached hydrogens (tertiary/aromatic N) is 1. The summed E-state index contributed by atoms with van der Waals surface area (Å²) in [5.74, 6) is -0.175. The van der Waals surface area contributed by atoms with Crippen molar-refractivity contribution in [2.24, 2.45) is 0 Å². The van der Waals surface area contributed by atoms with Crippen molar-refractivity contribution in [3.63, 3.8) is 0 Å². The molecule has 4 aromatic rings. The minimum absolute atomic E-state index is 0.104. The highest BCUT2D eigenvalue weighted by atomic mass is 16.5. The van der Waals surface area contributed by atoms with Crippen molar-refractivity contribution in [3.8, 4) is 11.5 Å². The average Bonchev–Trinajstić information content (AvgIpc) is 3.26. The SMILES string of the molecule is O=C(Nc1ccc2[nH]c(=O)oc2c1)c1cc(-c2ccco2)on1. The van der Waals surface area contributed by atoms with Crippen LogP contribution in [0.4, 0.5) is 5.69 Å². The van der Waals surface area contributed by atoms with E-state index >= 15 is 0 Å². The van der Waals surface area contributed by atoms with E-state index in [1.165, 1.54) is 12.3 Å². The van der Waals surface area contributed by atoms with Gasteiger partial charge in [-0.15, -0.1) is 0 Å². The molecule has 8 heteroatoms. The lowest BCUT2D eigenvalue weighted by Gasteiger charge is -2.01. The molecule has 8 nitrogen and oxygen atoms in total. The third-order valence-electron chi connectivity index (χ3n) is 3.19. The maximum absolute atomic E-state index is 12.2. The van der Waals surface area contributed by atoms with Crippen LogP contribution in [0.1, 0.15) is 10.5 Å². The zero-order valence-electron chi connectivity index (χ0n) is 11.5. The molecule has 2 N–H and O–H groups in total. The summed E-state index contributed by atoms with van der Waals surface area (Å²) in [6, 6.07) is 9.69. The normalized spacial score (nSPS) is 11.0. The van der Waals surface area contributed by atoms with E-state index in [9.17, 15) is 9.59 Å². The molecule has 0 aliphatic rings. The summed E-state index contributed by atoms with van der Waals surface area (Å²) < 4.78 is 15.2. The molecule has 4 rings (SSSR count). The molecule has 0 bridgehead atoms. The van der Waals surface area contributed by atoms with E-state index in [2.05, 4.69) is 15.5 Å². The summed E-state index contributed by atoms with van der Waals surface area (Å²) in [6.07, 6.45) is 1.50. The number of carbonyl (C=O) groups is 1. The summed E-state index contributed by atoms with van der Waals surface area (Å²) in [5.41, 5.74) is 1.47. The summed E-state index contributed by atoms with van der Waals surface area (Å²) in [7, 11) is 0. The van der Waals surface area contributed by atoms with Gasteiger partial charge in [0, 0.05) is 17.8 Å². The number of anilines is 1. The standard InChI is InChI=1S/C15H9N3O5/c19-14(10-7-13(23-18-10)11-2-1-5-21-11)16-8-3-4-9-12(6-8)22-15(20)17-9/h1-7H,(H,16,19)(H,17,20). The number of oxazole rings is 1. The third kappa shape index (κ3) is 2.42. The van der Waals surface area contributed by atoms with Crippen LogP contribution in [-0.2, 0) is 0 Å². The van der Waals surface area contributed by atoms with Crippen LogP contribution < -0.4 is 11.1 Å². The summed E-state index contributed by atoms with van der Waals surface area (Å²) in [4.78, 5) is 25.8. The topological polar surface area (TPSA) is 114 Å². The van der Waals surface area contributed by atoms with E-state index in [0.717, 1.165) is 0 Å². The number of benzene rings is 1. The van der Waals surface area contributed by atoms with Crippen LogP contribution in [-0.4, -0.2) is 16.0 Å². The molecular weight excluding hydrogens is 302 g/mol. The van der Waals surface area contributed by atoms with Gasteiger partial charge in [-0.3, -0.25) is 9.78 Å². The molecule has 0 atom stereocenters. The highest BCUT2D eigenvalue weighted by molar-refractivity contribution is 6.03. The predicted molar refractivity (Wildman–Crippen MR) is 79.0 cm³/mol. The Labute approximate surface area is 127 Å². The maximum Gasteiger partial charge on any atom is 0.417 e. The molecule has 1 aromatic carbocycles. The Morgan fingerprint density at radius 2 is 2.09 bits per heavy atom. The minimum Gasteiger partial charge on any atom is -0.461 e. The fraction of sp³-hybridized carbons (Fsp3) is 0. The summed E-state index contributed by atoms with van der Waals surface area (Å²) in [6.45, 7) is 0. The first-order valence-corrected chi connectivity index (χ1v) is 6.64. The quantitative estimate of drug-likeness (QED) is 0.601. The molecule has 0 aliphatic heterocycles. The number of aromatic nitrogens is 2. The molecule has 23 heavy (non-hydrogen) atoms. The lowest BCUT2D eigenvalue weighted by atomic mass is 10.2. The van der Waals surface area contributed by atoms with Gasteiger partial charge in [0.2, 0.25) is 5.76 Å². The molecule has 0 unspecified atom stereocenters. The van der Waals surface area contributed by atoms with Crippen LogP contribution in [0, 0.1) is 0 Å². The number of H-pyrrole nitrogens is 1. The molecule has 0 spiro atoms. The van der Waals surface area contributed by atoms with Gasteiger partial charge in [0.05, 0.1) is 11.8 Å². The monoisotopic (exact) mass is 311 g/mol. The van der Waals surface area contributed by atoms with Gasteiger partial charge < -0.3 is 18.7 Å². The Balaban J connectivity index is 1.57. The van der Waals surface area contributed by atoms with Crippen LogP contribution in [0.3, 0.4) is 0 Å². The van der Waals surface area contributed by atoms with Crippen molar-refractivity contribution < 1.29 is 18.2 Å². The fourth-order valence-corrected chi connectivity index (χ4v) is 2.14. The van der Waals surface area contributed by atoms with Gasteiger partial charge in [0.15, 0.2) is 17.0 Å². The molecular formula is C15H9N3O5. The van der Waals surface area contributed by atoms with Crippen LogP contribution in [0.25, 0.3) is 22.6 Å². The van der Waals surface area contributed by atoms with Crippen molar-refractivity contribution in [1.82, 2.24) is 10.1 Å². The van der Waals surface area contributed by atoms with Gasteiger partial charge >= 0.3 is 5.76 Å². The Hall–Kier alpha value is -3.55. The minimum atomic E-state index is -0.553. The van der Waals surface area contributed by atoms with Gasteiger partial charge in [-0.25, -0.2) is 4.79 Å². The van der Waals surface area contributed by atoms with Crippen LogP contribution >= 0.6 is 0 Å². The Morgan fingerprint density at radius 1 is 1.17 bits per heavy atom. The zero-order chi connectivity index (χ0) is 15.8. The molecule has 0 saturated heterocycles. The van der Waals surface area contributed by atoms with Gasteiger partial charge in [0.25, 0.3) is 5.91 Å². The summed E-state index contributed by atoms with van der Waals surface area (Å²) >= 11 is 0. The maximum atomic E-state index is 12.2. The lowest BCUT2D eigenvalue weighted by Crippen LogP contribution is -2.11. The molecule has 114 valence electrons. The number of nitrogens with one attached hydrogen (secondary N) is 2. The Kier molecular flexibility index (Phi) is 2.87. The zero-order valence-corrected chi connectivity index (χ0v) is 11.5. The van der Waals surface area contributed by atoms with E-state index < -0.39 is 11.7 Å². The third-order valence-corrected chi connectivity index (χ3v) is 3.19. The predicted octanol–water partition coefficient (Wildman–Crippen LogP) is 2.62. The van der Waals surface area contributed by atoms with E-state index in [4.69, 9.17) is 13.4 Å². The average molecular weight is 311 g/mol. The fourth-order valence-electron chi connectivity index (χ4n) is 2.14. The molecule has 0 saturated carbocycles. The van der Waals surface area contributed by atoms with Crippen LogP contribution in [0.15, 0.2) is 60.8 Å². The lowest BCUT2D eigenvalue weighted by molar-refractivity contribution is 0.101. The first kappa shape index (κ1) is 13.1. The van der Waals surface area contributed by atoms with Crippen LogP contribution in [0.5, 0.6) is 0 Å². The van der Waals surface area contributed by atoms with Crippen molar-refractivity contribution in [2.45, 2.75) is 0 Å². The number of rotatable bonds is 3. The van der Waals surface area contributed by atoms with Gasteiger partial charge in [-0.2, -0.15) is 0 Å². The van der Waals surface area contributed by atoms with E-state index in [1.807, 2.05) is 0 Å². The van der Waals surface area contributed by atoms with Crippen molar-refractivity contribution >= 4 is 22.7 Å². The first-order valence-electron chi connectivity index (χ1n) is 6.64. The first-order chi connectivity index (χ1) is 11.2. The van der Waals surface area contributed by atoms with Crippen molar-refractivity contribution in [2.75, 3.05) is 5.32 Å². The number of hydrogen-bond acceptors (Lipinski definition) is 6.